The average Bonchev–Trinajstić information content (AvgIpc) is 2.62. The number of halogens is 1. The molecule has 1 heterocycles. The van der Waals surface area contributed by atoms with Crippen LogP contribution in [0.2, 0.25) is 0 Å². The molecule has 1 saturated heterocycles. The van der Waals surface area contributed by atoms with Crippen LogP contribution >= 0.6 is 0 Å². The molecule has 28 heavy (non-hydrogen) atoms. The van der Waals surface area contributed by atoms with Gasteiger partial charge in [-0.05, 0) is 31.2 Å². The number of amides is 3. The van der Waals surface area contributed by atoms with Crippen molar-refractivity contribution in [3.8, 4) is 0 Å². The molecule has 0 aliphatic carbocycles. The smallest absolute Gasteiger partial charge is 0.244 e. The second-order valence-corrected chi connectivity index (χ2v) is 8.10. The van der Waals surface area contributed by atoms with E-state index in [1.807, 2.05) is 4.90 Å². The van der Waals surface area contributed by atoms with Gasteiger partial charge in [0.15, 0.2) is 0 Å². The van der Waals surface area contributed by atoms with Gasteiger partial charge in [0.25, 0.3) is 0 Å². The van der Waals surface area contributed by atoms with Crippen molar-refractivity contribution in [2.75, 3.05) is 38.0 Å². The van der Waals surface area contributed by atoms with E-state index in [0.717, 1.165) is 0 Å². The van der Waals surface area contributed by atoms with E-state index in [4.69, 9.17) is 0 Å². The average molecular weight is 392 g/mol. The minimum atomic E-state index is -0.583. The minimum Gasteiger partial charge on any atom is -0.344 e. The fourth-order valence-electron chi connectivity index (χ4n) is 2.81. The first-order valence-electron chi connectivity index (χ1n) is 9.44. The zero-order valence-corrected chi connectivity index (χ0v) is 16.9. The van der Waals surface area contributed by atoms with Gasteiger partial charge in [0, 0.05) is 37.3 Å². The van der Waals surface area contributed by atoms with Crippen molar-refractivity contribution >= 4 is 23.4 Å². The first-order chi connectivity index (χ1) is 13.1. The number of piperazine rings is 1. The normalized spacial score (nSPS) is 16.4. The van der Waals surface area contributed by atoms with Crippen molar-refractivity contribution in [3.05, 3.63) is 30.1 Å². The zero-order chi connectivity index (χ0) is 20.9. The lowest BCUT2D eigenvalue weighted by atomic mass is 9.95. The van der Waals surface area contributed by atoms with E-state index in [1.54, 1.807) is 32.6 Å². The van der Waals surface area contributed by atoms with Gasteiger partial charge < -0.3 is 15.5 Å². The minimum absolute atomic E-state index is 0.118. The summed E-state index contributed by atoms with van der Waals surface area (Å²) in [6.07, 6.45) is 0. The number of nitrogens with zero attached hydrogens (tertiary/aromatic N) is 2. The maximum atomic E-state index is 12.9. The van der Waals surface area contributed by atoms with Gasteiger partial charge in [0.05, 0.1) is 6.54 Å². The van der Waals surface area contributed by atoms with E-state index >= 15 is 0 Å². The number of carbonyl (C=O) groups excluding carboxylic acids is 3. The molecule has 154 valence electrons. The van der Waals surface area contributed by atoms with Crippen LogP contribution < -0.4 is 10.6 Å². The Labute approximate surface area is 165 Å². The maximum absolute atomic E-state index is 12.9. The molecule has 1 unspecified atom stereocenters. The molecule has 2 rings (SSSR count). The summed E-state index contributed by atoms with van der Waals surface area (Å²) in [5.74, 6) is -0.818. The molecule has 1 aromatic carbocycles. The molecule has 0 spiro atoms. The Morgan fingerprint density at radius 1 is 1.07 bits per heavy atom. The third kappa shape index (κ3) is 6.30. The molecule has 0 saturated carbocycles. The highest BCUT2D eigenvalue weighted by Gasteiger charge is 2.29. The predicted octanol–water partition coefficient (Wildman–Crippen LogP) is 1.46. The van der Waals surface area contributed by atoms with Crippen molar-refractivity contribution in [2.24, 2.45) is 5.41 Å². The second kappa shape index (κ2) is 9.14. The number of anilines is 1. The Balaban J connectivity index is 1.77. The molecular weight excluding hydrogens is 363 g/mol. The number of hydrogen-bond acceptors (Lipinski definition) is 4. The quantitative estimate of drug-likeness (QED) is 0.795. The summed E-state index contributed by atoms with van der Waals surface area (Å²) in [5.41, 5.74) is -0.00545. The Morgan fingerprint density at radius 3 is 2.18 bits per heavy atom. The first-order valence-corrected chi connectivity index (χ1v) is 9.44. The molecule has 1 aliphatic rings. The van der Waals surface area contributed by atoms with Crippen LogP contribution in [0, 0.1) is 11.2 Å². The van der Waals surface area contributed by atoms with Crippen LogP contribution in [0.15, 0.2) is 24.3 Å². The molecule has 1 aromatic rings. The van der Waals surface area contributed by atoms with Crippen molar-refractivity contribution < 1.29 is 18.8 Å². The van der Waals surface area contributed by atoms with E-state index < -0.39 is 11.5 Å². The van der Waals surface area contributed by atoms with Crippen molar-refractivity contribution in [2.45, 2.75) is 33.7 Å². The molecule has 8 heteroatoms. The number of rotatable bonds is 5. The van der Waals surface area contributed by atoms with Gasteiger partial charge >= 0.3 is 0 Å². The molecule has 1 fully saturated rings. The summed E-state index contributed by atoms with van der Waals surface area (Å²) < 4.78 is 12.9. The lowest BCUT2D eigenvalue weighted by Gasteiger charge is -2.36. The van der Waals surface area contributed by atoms with E-state index in [9.17, 15) is 18.8 Å². The Morgan fingerprint density at radius 2 is 1.64 bits per heavy atom. The molecule has 0 bridgehead atoms. The number of hydrogen-bond donors (Lipinski definition) is 2. The lowest BCUT2D eigenvalue weighted by Crippen LogP contribution is -2.55. The Bertz CT molecular complexity index is 707. The van der Waals surface area contributed by atoms with Crippen LogP contribution in [0.25, 0.3) is 0 Å². The topological polar surface area (TPSA) is 81.8 Å². The summed E-state index contributed by atoms with van der Waals surface area (Å²) in [5, 5.41) is 5.49. The van der Waals surface area contributed by atoms with Crippen LogP contribution in [-0.2, 0) is 14.4 Å². The van der Waals surface area contributed by atoms with Crippen molar-refractivity contribution in [3.63, 3.8) is 0 Å². The fourth-order valence-corrected chi connectivity index (χ4v) is 2.81. The predicted molar refractivity (Wildman–Crippen MR) is 105 cm³/mol. The second-order valence-electron chi connectivity index (χ2n) is 8.10. The molecule has 1 aliphatic heterocycles. The summed E-state index contributed by atoms with van der Waals surface area (Å²) >= 11 is 0. The molecule has 3 amide bonds. The highest BCUT2D eigenvalue weighted by atomic mass is 19.1. The lowest BCUT2D eigenvalue weighted by molar-refractivity contribution is -0.139. The summed E-state index contributed by atoms with van der Waals surface area (Å²) in [4.78, 5) is 40.4. The number of benzene rings is 1. The van der Waals surface area contributed by atoms with E-state index in [2.05, 4.69) is 10.6 Å². The summed E-state index contributed by atoms with van der Waals surface area (Å²) in [6.45, 7) is 9.44. The van der Waals surface area contributed by atoms with Crippen LogP contribution in [0.4, 0.5) is 10.1 Å². The Hall–Kier alpha value is -2.48. The standard InChI is InChI=1S/C20H29FN4O3/c1-14(22-19(28)20(2,3)4)18(27)25-11-9-24(10-12-25)13-17(26)23-16-7-5-15(21)6-8-16/h5-8,14H,9-13H2,1-4H3,(H,22,28)(H,23,26). The van der Waals surface area contributed by atoms with Crippen LogP contribution in [-0.4, -0.2) is 66.3 Å². The molecule has 1 atom stereocenters. The summed E-state index contributed by atoms with van der Waals surface area (Å²) in [7, 11) is 0. The van der Waals surface area contributed by atoms with Crippen molar-refractivity contribution in [1.29, 1.82) is 0 Å². The third-order valence-electron chi connectivity index (χ3n) is 4.58. The monoisotopic (exact) mass is 392 g/mol. The highest BCUT2D eigenvalue weighted by Crippen LogP contribution is 2.14. The SMILES string of the molecule is CC(NC(=O)C(C)(C)C)C(=O)N1CCN(CC(=O)Nc2ccc(F)cc2)CC1. The van der Waals surface area contributed by atoms with Gasteiger partial charge in [-0.2, -0.15) is 0 Å². The highest BCUT2D eigenvalue weighted by molar-refractivity contribution is 5.92. The largest absolute Gasteiger partial charge is 0.344 e. The molecule has 2 N–H and O–H groups in total. The summed E-state index contributed by atoms with van der Waals surface area (Å²) in [6, 6.07) is 5.02. The molecule has 0 aromatic heterocycles. The van der Waals surface area contributed by atoms with Gasteiger partial charge in [0.2, 0.25) is 17.7 Å². The van der Waals surface area contributed by atoms with Crippen LogP contribution in [0.3, 0.4) is 0 Å². The Kier molecular flexibility index (Phi) is 7.12. The van der Waals surface area contributed by atoms with Gasteiger partial charge in [-0.3, -0.25) is 19.3 Å². The first kappa shape index (κ1) is 21.8. The van der Waals surface area contributed by atoms with E-state index in [0.29, 0.717) is 31.9 Å². The van der Waals surface area contributed by atoms with E-state index in [-0.39, 0.29) is 30.1 Å². The molecular formula is C20H29FN4O3. The fraction of sp³-hybridized carbons (Fsp3) is 0.550. The maximum Gasteiger partial charge on any atom is 0.244 e. The van der Waals surface area contributed by atoms with Gasteiger partial charge in [-0.25, -0.2) is 4.39 Å². The van der Waals surface area contributed by atoms with Crippen LogP contribution in [0.5, 0.6) is 0 Å². The van der Waals surface area contributed by atoms with Gasteiger partial charge in [-0.1, -0.05) is 20.8 Å². The molecule has 7 nitrogen and oxygen atoms in total. The third-order valence-corrected chi connectivity index (χ3v) is 4.58. The number of carbonyl (C=O) groups is 3. The van der Waals surface area contributed by atoms with Gasteiger partial charge in [0.1, 0.15) is 11.9 Å². The molecule has 0 radical (unpaired) electrons. The van der Waals surface area contributed by atoms with Crippen molar-refractivity contribution in [1.82, 2.24) is 15.1 Å². The van der Waals surface area contributed by atoms with Crippen LogP contribution in [0.1, 0.15) is 27.7 Å². The van der Waals surface area contributed by atoms with Gasteiger partial charge in [-0.15, -0.1) is 0 Å². The zero-order valence-electron chi connectivity index (χ0n) is 16.9. The number of nitrogens with one attached hydrogen (secondary N) is 2. The van der Waals surface area contributed by atoms with E-state index in [1.165, 1.54) is 24.3 Å².